The molecule has 1 aromatic rings. The van der Waals surface area contributed by atoms with Crippen LogP contribution in [0.4, 0.5) is 11.4 Å². The number of carbonyl (C=O) groups is 1. The summed E-state index contributed by atoms with van der Waals surface area (Å²) in [6.07, 6.45) is 0.440. The summed E-state index contributed by atoms with van der Waals surface area (Å²) in [5.41, 5.74) is 2.00. The van der Waals surface area contributed by atoms with Crippen molar-refractivity contribution in [2.45, 2.75) is 41.0 Å². The molecule has 0 aliphatic heterocycles. The van der Waals surface area contributed by atoms with E-state index in [9.17, 15) is 4.79 Å². The van der Waals surface area contributed by atoms with Crippen LogP contribution in [0.2, 0.25) is 0 Å². The molecule has 4 nitrogen and oxygen atoms in total. The highest BCUT2D eigenvalue weighted by Crippen LogP contribution is 2.19. The number of benzene rings is 1. The van der Waals surface area contributed by atoms with Gasteiger partial charge >= 0.3 is 0 Å². The first-order valence-electron chi connectivity index (χ1n) is 7.71. The molecule has 0 fully saturated rings. The summed E-state index contributed by atoms with van der Waals surface area (Å²) >= 11 is 5.18. The summed E-state index contributed by atoms with van der Waals surface area (Å²) in [5.74, 6) is -0.0650. The fourth-order valence-corrected chi connectivity index (χ4v) is 2.39. The highest BCUT2D eigenvalue weighted by molar-refractivity contribution is 7.80. The van der Waals surface area contributed by atoms with E-state index in [1.807, 2.05) is 32.9 Å². The Kier molecular flexibility index (Phi) is 6.81. The van der Waals surface area contributed by atoms with Gasteiger partial charge in [-0.25, -0.2) is 0 Å². The van der Waals surface area contributed by atoms with E-state index < -0.39 is 0 Å². The van der Waals surface area contributed by atoms with Gasteiger partial charge in [-0.1, -0.05) is 20.8 Å². The van der Waals surface area contributed by atoms with Gasteiger partial charge in [-0.05, 0) is 55.7 Å². The van der Waals surface area contributed by atoms with Gasteiger partial charge < -0.3 is 15.5 Å². The van der Waals surface area contributed by atoms with E-state index in [1.54, 1.807) is 0 Å². The van der Waals surface area contributed by atoms with Gasteiger partial charge in [0.1, 0.15) is 0 Å². The second-order valence-electron chi connectivity index (χ2n) is 6.46. The molecule has 1 amide bonds. The van der Waals surface area contributed by atoms with Crippen LogP contribution in [-0.4, -0.2) is 24.1 Å². The molecule has 0 saturated carbocycles. The summed E-state index contributed by atoms with van der Waals surface area (Å²) in [5, 5.41) is 6.10. The van der Waals surface area contributed by atoms with Crippen molar-refractivity contribution in [2.24, 2.45) is 5.41 Å². The number of nitrogens with zero attached hydrogens (tertiary/aromatic N) is 1. The lowest BCUT2D eigenvalue weighted by molar-refractivity contribution is -0.121. The SMILES string of the molecule is CCN(CC)c1ccc(NC(=S)NC(=O)CC(C)(C)C)cc1. The molecule has 0 bridgehead atoms. The largest absolute Gasteiger partial charge is 0.372 e. The second kappa shape index (κ2) is 8.13. The van der Waals surface area contributed by atoms with Crippen molar-refractivity contribution >= 4 is 34.6 Å². The molecule has 1 aromatic carbocycles. The van der Waals surface area contributed by atoms with Crippen molar-refractivity contribution in [3.63, 3.8) is 0 Å². The Hall–Kier alpha value is -1.62. The number of anilines is 2. The molecule has 0 aromatic heterocycles. The van der Waals surface area contributed by atoms with Crippen molar-refractivity contribution in [1.29, 1.82) is 0 Å². The molecule has 0 radical (unpaired) electrons. The normalized spacial score (nSPS) is 11.0. The lowest BCUT2D eigenvalue weighted by Crippen LogP contribution is -2.36. The summed E-state index contributed by atoms with van der Waals surface area (Å²) in [4.78, 5) is 14.1. The fourth-order valence-electron chi connectivity index (χ4n) is 2.16. The van der Waals surface area contributed by atoms with Gasteiger partial charge in [0.15, 0.2) is 5.11 Å². The smallest absolute Gasteiger partial charge is 0.226 e. The summed E-state index contributed by atoms with van der Waals surface area (Å²) in [6.45, 7) is 12.3. The summed E-state index contributed by atoms with van der Waals surface area (Å²) in [6, 6.07) is 8.04. The van der Waals surface area contributed by atoms with Crippen LogP contribution in [-0.2, 0) is 4.79 Å². The van der Waals surface area contributed by atoms with E-state index in [-0.39, 0.29) is 11.3 Å². The zero-order valence-electron chi connectivity index (χ0n) is 14.2. The molecule has 0 atom stereocenters. The molecule has 5 heteroatoms. The van der Waals surface area contributed by atoms with Crippen molar-refractivity contribution in [3.05, 3.63) is 24.3 Å². The Morgan fingerprint density at radius 2 is 1.68 bits per heavy atom. The van der Waals surface area contributed by atoms with Gasteiger partial charge in [-0.15, -0.1) is 0 Å². The zero-order valence-corrected chi connectivity index (χ0v) is 15.0. The first kappa shape index (κ1) is 18.4. The number of hydrogen-bond acceptors (Lipinski definition) is 3. The van der Waals surface area contributed by atoms with Crippen LogP contribution in [0.15, 0.2) is 24.3 Å². The average Bonchev–Trinajstić information content (AvgIpc) is 2.39. The van der Waals surface area contributed by atoms with Gasteiger partial charge in [-0.3, -0.25) is 4.79 Å². The van der Waals surface area contributed by atoms with E-state index in [2.05, 4.69) is 41.5 Å². The predicted molar refractivity (Wildman–Crippen MR) is 98.4 cm³/mol. The van der Waals surface area contributed by atoms with Crippen LogP contribution >= 0.6 is 12.2 Å². The van der Waals surface area contributed by atoms with Gasteiger partial charge in [-0.2, -0.15) is 0 Å². The van der Waals surface area contributed by atoms with Crippen LogP contribution in [0.1, 0.15) is 41.0 Å². The highest BCUT2D eigenvalue weighted by Gasteiger charge is 2.16. The zero-order chi connectivity index (χ0) is 16.8. The quantitative estimate of drug-likeness (QED) is 0.810. The van der Waals surface area contributed by atoms with Gasteiger partial charge in [0.2, 0.25) is 5.91 Å². The molecule has 0 heterocycles. The van der Waals surface area contributed by atoms with Crippen molar-refractivity contribution in [3.8, 4) is 0 Å². The molecule has 1 rings (SSSR count). The molecule has 22 heavy (non-hydrogen) atoms. The maximum atomic E-state index is 11.8. The van der Waals surface area contributed by atoms with Crippen LogP contribution in [0.5, 0.6) is 0 Å². The average molecular weight is 321 g/mol. The maximum absolute atomic E-state index is 11.8. The number of amides is 1. The molecular formula is C17H27N3OS. The minimum Gasteiger partial charge on any atom is -0.372 e. The molecule has 0 spiro atoms. The fraction of sp³-hybridized carbons (Fsp3) is 0.529. The van der Waals surface area contributed by atoms with Crippen LogP contribution in [0.3, 0.4) is 0 Å². The van der Waals surface area contributed by atoms with E-state index in [0.717, 1.165) is 18.8 Å². The Labute approximate surface area is 139 Å². The van der Waals surface area contributed by atoms with Crippen LogP contribution in [0, 0.1) is 5.41 Å². The minimum absolute atomic E-state index is 0.0505. The third kappa shape index (κ3) is 6.43. The lowest BCUT2D eigenvalue weighted by atomic mass is 9.92. The number of nitrogens with one attached hydrogen (secondary N) is 2. The van der Waals surface area contributed by atoms with E-state index in [4.69, 9.17) is 12.2 Å². The van der Waals surface area contributed by atoms with Crippen LogP contribution in [0.25, 0.3) is 0 Å². The lowest BCUT2D eigenvalue weighted by Gasteiger charge is -2.21. The standard InChI is InChI=1S/C17H27N3OS/c1-6-20(7-2)14-10-8-13(9-11-14)18-16(22)19-15(21)12-17(3,4)5/h8-11H,6-7,12H2,1-5H3,(H2,18,19,21,22). The van der Waals surface area contributed by atoms with Gasteiger partial charge in [0, 0.05) is 30.9 Å². The third-order valence-electron chi connectivity index (χ3n) is 3.20. The van der Waals surface area contributed by atoms with E-state index in [0.29, 0.717) is 11.5 Å². The minimum atomic E-state index is -0.0650. The first-order valence-corrected chi connectivity index (χ1v) is 8.12. The van der Waals surface area contributed by atoms with Crippen molar-refractivity contribution < 1.29 is 4.79 Å². The monoisotopic (exact) mass is 321 g/mol. The summed E-state index contributed by atoms with van der Waals surface area (Å²) < 4.78 is 0. The molecule has 0 unspecified atom stereocenters. The molecule has 0 aliphatic carbocycles. The predicted octanol–water partition coefficient (Wildman–Crippen LogP) is 3.78. The molecule has 2 N–H and O–H groups in total. The van der Waals surface area contributed by atoms with E-state index in [1.165, 1.54) is 5.69 Å². The molecule has 0 saturated heterocycles. The van der Waals surface area contributed by atoms with Gasteiger partial charge in [0.05, 0.1) is 0 Å². The number of thiocarbonyl (C=S) groups is 1. The Bertz CT molecular complexity index is 502. The Morgan fingerprint density at radius 1 is 1.14 bits per heavy atom. The Morgan fingerprint density at radius 3 is 2.14 bits per heavy atom. The van der Waals surface area contributed by atoms with E-state index >= 15 is 0 Å². The topological polar surface area (TPSA) is 44.4 Å². The van der Waals surface area contributed by atoms with Crippen molar-refractivity contribution in [2.75, 3.05) is 23.3 Å². The number of carbonyl (C=O) groups excluding carboxylic acids is 1. The third-order valence-corrected chi connectivity index (χ3v) is 3.40. The highest BCUT2D eigenvalue weighted by atomic mass is 32.1. The number of hydrogen-bond donors (Lipinski definition) is 2. The summed E-state index contributed by atoms with van der Waals surface area (Å²) in [7, 11) is 0. The van der Waals surface area contributed by atoms with Crippen LogP contribution < -0.4 is 15.5 Å². The maximum Gasteiger partial charge on any atom is 0.226 e. The Balaban J connectivity index is 2.56. The van der Waals surface area contributed by atoms with Crippen molar-refractivity contribution in [1.82, 2.24) is 5.32 Å². The molecule has 0 aliphatic rings. The number of rotatable bonds is 5. The molecular weight excluding hydrogens is 294 g/mol. The second-order valence-corrected chi connectivity index (χ2v) is 6.87. The molecule has 122 valence electrons. The first-order chi connectivity index (χ1) is 10.2. The van der Waals surface area contributed by atoms with Gasteiger partial charge in [0.25, 0.3) is 0 Å².